The Kier molecular flexibility index (Phi) is 4.84. The maximum Gasteiger partial charge on any atom is 0.319 e. The van der Waals surface area contributed by atoms with Crippen LogP contribution < -0.4 is 0 Å². The van der Waals surface area contributed by atoms with Crippen molar-refractivity contribution in [2.24, 2.45) is 0 Å². The van der Waals surface area contributed by atoms with E-state index in [1.807, 2.05) is 13.0 Å². The molecule has 0 spiro atoms. The van der Waals surface area contributed by atoms with E-state index in [1.165, 1.54) is 22.7 Å². The highest BCUT2D eigenvalue weighted by Gasteiger charge is 2.31. The lowest BCUT2D eigenvalue weighted by Crippen LogP contribution is -2.27. The van der Waals surface area contributed by atoms with E-state index in [2.05, 4.69) is 53.7 Å². The van der Waals surface area contributed by atoms with Crippen molar-refractivity contribution in [1.82, 2.24) is 9.55 Å². The highest BCUT2D eigenvalue weighted by atomic mass is 32.2. The number of carbonyl (C=O) groups is 1. The van der Waals surface area contributed by atoms with Crippen molar-refractivity contribution < 1.29 is 9.90 Å². The zero-order valence-electron chi connectivity index (χ0n) is 15.8. The van der Waals surface area contributed by atoms with Gasteiger partial charge in [-0.1, -0.05) is 55.9 Å². The molecule has 1 N–H and O–H groups in total. The maximum absolute atomic E-state index is 11.6. The van der Waals surface area contributed by atoms with Gasteiger partial charge in [0.15, 0.2) is 5.16 Å². The standard InChI is InChI=1S/C21H24N2O2S/c1-13(2)15-10-11-18(17-9-7-6-8-16(15)17)23-14(3)12-22-20(23)26-21(4,5)19(24)25/h6-13H,1-5H3,(H,24,25). The molecule has 4 nitrogen and oxygen atoms in total. The SMILES string of the molecule is Cc1cnc(SC(C)(C)C(=O)O)n1-c1ccc(C(C)C)c2ccccc12. The lowest BCUT2D eigenvalue weighted by atomic mass is 9.95. The van der Waals surface area contributed by atoms with Crippen LogP contribution in [0.5, 0.6) is 0 Å². The van der Waals surface area contributed by atoms with Gasteiger partial charge in [-0.3, -0.25) is 9.36 Å². The number of aryl methyl sites for hydroxylation is 1. The summed E-state index contributed by atoms with van der Waals surface area (Å²) < 4.78 is 1.10. The van der Waals surface area contributed by atoms with E-state index in [0.717, 1.165) is 16.8 Å². The first-order chi connectivity index (χ1) is 12.2. The van der Waals surface area contributed by atoms with E-state index in [9.17, 15) is 9.90 Å². The zero-order valence-corrected chi connectivity index (χ0v) is 16.6. The number of carboxylic acids is 1. The molecule has 0 aliphatic rings. The van der Waals surface area contributed by atoms with Crippen LogP contribution in [0.3, 0.4) is 0 Å². The second-order valence-corrected chi connectivity index (χ2v) is 8.90. The van der Waals surface area contributed by atoms with Crippen LogP contribution >= 0.6 is 11.8 Å². The lowest BCUT2D eigenvalue weighted by molar-refractivity contribution is -0.138. The van der Waals surface area contributed by atoms with Crippen LogP contribution in [0, 0.1) is 6.92 Å². The maximum atomic E-state index is 11.6. The molecule has 1 aromatic heterocycles. The molecular weight excluding hydrogens is 344 g/mol. The molecule has 0 bridgehead atoms. The number of thioether (sulfide) groups is 1. The van der Waals surface area contributed by atoms with Crippen molar-refractivity contribution in [3.63, 3.8) is 0 Å². The summed E-state index contributed by atoms with van der Waals surface area (Å²) in [6, 6.07) is 12.6. The van der Waals surface area contributed by atoms with Crippen LogP contribution in [-0.2, 0) is 4.79 Å². The fourth-order valence-electron chi connectivity index (χ4n) is 3.06. The van der Waals surface area contributed by atoms with Crippen molar-refractivity contribution in [2.45, 2.75) is 50.4 Å². The molecule has 2 aromatic carbocycles. The third-order valence-electron chi connectivity index (χ3n) is 4.56. The number of hydrogen-bond donors (Lipinski definition) is 1. The Morgan fingerprint density at radius 2 is 1.81 bits per heavy atom. The first kappa shape index (κ1) is 18.5. The van der Waals surface area contributed by atoms with Crippen LogP contribution in [0.25, 0.3) is 16.5 Å². The van der Waals surface area contributed by atoms with Crippen LogP contribution in [0.4, 0.5) is 0 Å². The smallest absolute Gasteiger partial charge is 0.319 e. The first-order valence-electron chi connectivity index (χ1n) is 8.71. The fraction of sp³-hybridized carbons (Fsp3) is 0.333. The van der Waals surface area contributed by atoms with Gasteiger partial charge in [-0.05, 0) is 43.7 Å². The van der Waals surface area contributed by atoms with Crippen LogP contribution in [0.2, 0.25) is 0 Å². The van der Waals surface area contributed by atoms with Gasteiger partial charge < -0.3 is 5.11 Å². The zero-order chi connectivity index (χ0) is 19.1. The number of benzene rings is 2. The van der Waals surface area contributed by atoms with Crippen molar-refractivity contribution in [2.75, 3.05) is 0 Å². The summed E-state index contributed by atoms with van der Waals surface area (Å²) >= 11 is 1.27. The largest absolute Gasteiger partial charge is 0.480 e. The Labute approximate surface area is 158 Å². The molecule has 0 saturated heterocycles. The van der Waals surface area contributed by atoms with E-state index < -0.39 is 10.7 Å². The average Bonchev–Trinajstić information content (AvgIpc) is 2.93. The molecule has 0 aliphatic carbocycles. The number of hydrogen-bond acceptors (Lipinski definition) is 3. The van der Waals surface area contributed by atoms with Crippen molar-refractivity contribution in [1.29, 1.82) is 0 Å². The molecule has 26 heavy (non-hydrogen) atoms. The summed E-state index contributed by atoms with van der Waals surface area (Å²) in [6.45, 7) is 9.79. The molecule has 3 aromatic rings. The lowest BCUT2D eigenvalue weighted by Gasteiger charge is -2.21. The van der Waals surface area contributed by atoms with Crippen LogP contribution in [0.15, 0.2) is 47.8 Å². The molecule has 136 valence electrons. The summed E-state index contributed by atoms with van der Waals surface area (Å²) in [4.78, 5) is 16.0. The second kappa shape index (κ2) is 6.80. The molecule has 0 amide bonds. The molecular formula is C21H24N2O2S. The fourth-order valence-corrected chi connectivity index (χ4v) is 4.04. The minimum Gasteiger partial charge on any atom is -0.480 e. The van der Waals surface area contributed by atoms with Gasteiger partial charge in [0.05, 0.1) is 5.69 Å². The Morgan fingerprint density at radius 3 is 2.42 bits per heavy atom. The van der Waals surface area contributed by atoms with Crippen molar-refractivity contribution >= 4 is 28.5 Å². The molecule has 1 heterocycles. The molecule has 3 rings (SSSR count). The third kappa shape index (κ3) is 3.23. The van der Waals surface area contributed by atoms with Crippen LogP contribution in [-0.4, -0.2) is 25.4 Å². The third-order valence-corrected chi connectivity index (χ3v) is 5.72. The topological polar surface area (TPSA) is 55.1 Å². The number of rotatable bonds is 5. The summed E-state index contributed by atoms with van der Waals surface area (Å²) in [7, 11) is 0. The van der Waals surface area contributed by atoms with E-state index >= 15 is 0 Å². The predicted octanol–water partition coefficient (Wildman–Crippen LogP) is 5.41. The Bertz CT molecular complexity index is 973. The Morgan fingerprint density at radius 1 is 1.15 bits per heavy atom. The summed E-state index contributed by atoms with van der Waals surface area (Å²) in [5, 5.41) is 12.5. The van der Waals surface area contributed by atoms with E-state index in [1.54, 1.807) is 20.0 Å². The molecule has 0 unspecified atom stereocenters. The summed E-state index contributed by atoms with van der Waals surface area (Å²) in [5.41, 5.74) is 3.32. The minimum atomic E-state index is -0.955. The van der Waals surface area contributed by atoms with Crippen molar-refractivity contribution in [3.05, 3.63) is 53.9 Å². The summed E-state index contributed by atoms with van der Waals surface area (Å²) in [6.07, 6.45) is 1.80. The predicted molar refractivity (Wildman–Crippen MR) is 107 cm³/mol. The van der Waals surface area contributed by atoms with Gasteiger partial charge in [-0.25, -0.2) is 4.98 Å². The molecule has 0 aliphatic heterocycles. The minimum absolute atomic E-state index is 0.428. The first-order valence-corrected chi connectivity index (χ1v) is 9.53. The van der Waals surface area contributed by atoms with Gasteiger partial charge in [-0.15, -0.1) is 0 Å². The Balaban J connectivity index is 2.21. The molecule has 0 fully saturated rings. The highest BCUT2D eigenvalue weighted by molar-refractivity contribution is 8.01. The monoisotopic (exact) mass is 368 g/mol. The normalized spacial score (nSPS) is 12.1. The number of imidazole rings is 1. The number of carboxylic acid groups (broad SMARTS) is 1. The molecule has 5 heteroatoms. The van der Waals surface area contributed by atoms with E-state index in [-0.39, 0.29) is 0 Å². The average molecular weight is 369 g/mol. The van der Waals surface area contributed by atoms with Crippen LogP contribution in [0.1, 0.15) is 44.9 Å². The second-order valence-electron chi connectivity index (χ2n) is 7.31. The van der Waals surface area contributed by atoms with Gasteiger partial charge in [0.1, 0.15) is 4.75 Å². The number of aliphatic carboxylic acids is 1. The van der Waals surface area contributed by atoms with E-state index in [0.29, 0.717) is 11.1 Å². The van der Waals surface area contributed by atoms with Gasteiger partial charge in [0, 0.05) is 17.3 Å². The van der Waals surface area contributed by atoms with Gasteiger partial charge in [-0.2, -0.15) is 0 Å². The van der Waals surface area contributed by atoms with Gasteiger partial charge in [0.2, 0.25) is 0 Å². The number of fused-ring (bicyclic) bond motifs is 1. The Hall–Kier alpha value is -2.27. The van der Waals surface area contributed by atoms with Gasteiger partial charge >= 0.3 is 5.97 Å². The molecule has 0 saturated carbocycles. The summed E-state index contributed by atoms with van der Waals surface area (Å²) in [5.74, 6) is -0.424. The highest BCUT2D eigenvalue weighted by Crippen LogP contribution is 2.37. The van der Waals surface area contributed by atoms with Crippen molar-refractivity contribution in [3.8, 4) is 5.69 Å². The van der Waals surface area contributed by atoms with E-state index in [4.69, 9.17) is 0 Å². The molecule has 0 radical (unpaired) electrons. The number of nitrogens with zero attached hydrogens (tertiary/aromatic N) is 2. The molecule has 0 atom stereocenters. The quantitative estimate of drug-likeness (QED) is 0.612. The number of aromatic nitrogens is 2. The van der Waals surface area contributed by atoms with Gasteiger partial charge in [0.25, 0.3) is 0 Å².